The second-order valence-corrected chi connectivity index (χ2v) is 17.6. The fourth-order valence-corrected chi connectivity index (χ4v) is 7.50. The number of aliphatic hydroxyl groups is 5. The van der Waals surface area contributed by atoms with Gasteiger partial charge < -0.3 is 40.3 Å². The zero-order valence-corrected chi connectivity index (χ0v) is 41.4. The van der Waals surface area contributed by atoms with Gasteiger partial charge in [0.25, 0.3) is 0 Å². The maximum Gasteiger partial charge on any atom is 0.220 e. The maximum atomic E-state index is 13.0. The van der Waals surface area contributed by atoms with Crippen LogP contribution >= 0.6 is 0 Å². The number of unbranched alkanes of at least 4 members (excludes halogenated alkanes) is 14. The molecule has 0 aromatic heterocycles. The summed E-state index contributed by atoms with van der Waals surface area (Å²) < 4.78 is 11.2. The molecule has 0 aromatic rings. The van der Waals surface area contributed by atoms with Gasteiger partial charge in [0.15, 0.2) is 6.29 Å². The van der Waals surface area contributed by atoms with E-state index < -0.39 is 49.5 Å². The molecule has 0 radical (unpaired) electrons. The van der Waals surface area contributed by atoms with Gasteiger partial charge in [0.05, 0.1) is 25.4 Å². The first-order valence-electron chi connectivity index (χ1n) is 26.1. The van der Waals surface area contributed by atoms with Gasteiger partial charge >= 0.3 is 0 Å². The summed E-state index contributed by atoms with van der Waals surface area (Å²) in [6.45, 7) is 3.65. The molecular formula is C57H95NO8. The van der Waals surface area contributed by atoms with Crippen LogP contribution in [0.4, 0.5) is 0 Å². The van der Waals surface area contributed by atoms with E-state index in [1.54, 1.807) is 0 Å². The molecule has 1 fully saturated rings. The van der Waals surface area contributed by atoms with Gasteiger partial charge in [-0.1, -0.05) is 207 Å². The van der Waals surface area contributed by atoms with Gasteiger partial charge in [-0.3, -0.25) is 4.79 Å². The van der Waals surface area contributed by atoms with Crippen molar-refractivity contribution < 1.29 is 39.8 Å². The van der Waals surface area contributed by atoms with E-state index in [0.717, 1.165) is 109 Å². The van der Waals surface area contributed by atoms with Crippen molar-refractivity contribution in [3.63, 3.8) is 0 Å². The summed E-state index contributed by atoms with van der Waals surface area (Å²) in [6.07, 6.45) is 59.9. The van der Waals surface area contributed by atoms with Gasteiger partial charge in [0, 0.05) is 6.42 Å². The summed E-state index contributed by atoms with van der Waals surface area (Å²) in [4.78, 5) is 13.0. The molecule has 1 aliphatic rings. The predicted molar refractivity (Wildman–Crippen MR) is 276 cm³/mol. The Morgan fingerprint density at radius 2 is 0.939 bits per heavy atom. The van der Waals surface area contributed by atoms with Crippen LogP contribution in [0.15, 0.2) is 109 Å². The van der Waals surface area contributed by atoms with Crippen molar-refractivity contribution in [1.29, 1.82) is 0 Å². The highest BCUT2D eigenvalue weighted by Gasteiger charge is 2.44. The third-order valence-electron chi connectivity index (χ3n) is 11.6. The monoisotopic (exact) mass is 922 g/mol. The Labute approximate surface area is 402 Å². The molecule has 9 heteroatoms. The van der Waals surface area contributed by atoms with E-state index in [0.29, 0.717) is 12.8 Å². The van der Waals surface area contributed by atoms with Crippen molar-refractivity contribution in [1.82, 2.24) is 5.32 Å². The predicted octanol–water partition coefficient (Wildman–Crippen LogP) is 12.2. The molecule has 1 heterocycles. The summed E-state index contributed by atoms with van der Waals surface area (Å²) in [6, 6.07) is -0.730. The average Bonchev–Trinajstić information content (AvgIpc) is 3.32. The van der Waals surface area contributed by atoms with Crippen LogP contribution in [0.3, 0.4) is 0 Å². The lowest BCUT2D eigenvalue weighted by atomic mass is 9.99. The largest absolute Gasteiger partial charge is 0.394 e. The molecule has 0 spiro atoms. The van der Waals surface area contributed by atoms with E-state index in [-0.39, 0.29) is 12.5 Å². The van der Waals surface area contributed by atoms with E-state index in [4.69, 9.17) is 9.47 Å². The summed E-state index contributed by atoms with van der Waals surface area (Å²) >= 11 is 0. The number of ether oxygens (including phenoxy) is 2. The lowest BCUT2D eigenvalue weighted by Crippen LogP contribution is -2.60. The summed E-state index contributed by atoms with van der Waals surface area (Å²) in [5, 5.41) is 54.2. The second-order valence-electron chi connectivity index (χ2n) is 17.6. The van der Waals surface area contributed by atoms with Crippen LogP contribution in [0.2, 0.25) is 0 Å². The third kappa shape index (κ3) is 35.1. The van der Waals surface area contributed by atoms with Crippen molar-refractivity contribution in [2.75, 3.05) is 13.2 Å². The van der Waals surface area contributed by atoms with E-state index in [1.165, 1.54) is 51.4 Å². The average molecular weight is 922 g/mol. The minimum Gasteiger partial charge on any atom is -0.394 e. The van der Waals surface area contributed by atoms with Crippen LogP contribution in [0.25, 0.3) is 0 Å². The molecule has 66 heavy (non-hydrogen) atoms. The van der Waals surface area contributed by atoms with Crippen LogP contribution in [-0.4, -0.2) is 87.5 Å². The molecule has 9 nitrogen and oxygen atoms in total. The number of hydrogen-bond acceptors (Lipinski definition) is 8. The zero-order chi connectivity index (χ0) is 48.0. The van der Waals surface area contributed by atoms with Gasteiger partial charge in [-0.25, -0.2) is 0 Å². The Morgan fingerprint density at radius 1 is 0.530 bits per heavy atom. The Bertz CT molecular complexity index is 1390. The number of allylic oxidation sites excluding steroid dienone is 18. The highest BCUT2D eigenvalue weighted by molar-refractivity contribution is 5.76. The molecule has 1 saturated heterocycles. The molecule has 0 bridgehead atoms. The number of nitrogens with one attached hydrogen (secondary N) is 1. The molecule has 0 aliphatic carbocycles. The maximum absolute atomic E-state index is 13.0. The van der Waals surface area contributed by atoms with Gasteiger partial charge in [-0.2, -0.15) is 0 Å². The molecule has 1 aliphatic heterocycles. The van der Waals surface area contributed by atoms with Crippen molar-refractivity contribution >= 4 is 5.91 Å². The lowest BCUT2D eigenvalue weighted by Gasteiger charge is -2.40. The first kappa shape index (κ1) is 60.9. The van der Waals surface area contributed by atoms with Crippen molar-refractivity contribution in [2.24, 2.45) is 0 Å². The first-order chi connectivity index (χ1) is 32.3. The smallest absolute Gasteiger partial charge is 0.220 e. The molecule has 0 saturated carbocycles. The van der Waals surface area contributed by atoms with Gasteiger partial charge in [-0.15, -0.1) is 0 Å². The fourth-order valence-electron chi connectivity index (χ4n) is 7.50. The van der Waals surface area contributed by atoms with E-state index in [2.05, 4.69) is 129 Å². The zero-order valence-electron chi connectivity index (χ0n) is 41.4. The fraction of sp³-hybridized carbons (Fsp3) is 0.667. The number of carbonyl (C=O) groups is 1. The van der Waals surface area contributed by atoms with E-state index in [1.807, 2.05) is 0 Å². The topological polar surface area (TPSA) is 149 Å². The number of amides is 1. The van der Waals surface area contributed by atoms with Crippen LogP contribution in [0, 0.1) is 0 Å². The Hall–Kier alpha value is -3.15. The highest BCUT2D eigenvalue weighted by Crippen LogP contribution is 2.23. The SMILES string of the molecule is CC/C=C\C/C=C\C/C=C\C/C=C\C/C=C\C/C=C\C/C=C\C/C=C\C/C=C\CCCCCCCCCC(=O)NC(COC1OC(CO)C(O)C(O)C1O)C(O)CCCCCCCCCC. The molecule has 376 valence electrons. The van der Waals surface area contributed by atoms with Crippen LogP contribution in [0.5, 0.6) is 0 Å². The normalized spacial score (nSPS) is 20.7. The second kappa shape index (κ2) is 45.6. The molecule has 7 atom stereocenters. The lowest BCUT2D eigenvalue weighted by molar-refractivity contribution is -0.302. The minimum absolute atomic E-state index is 0.150. The quantitative estimate of drug-likeness (QED) is 0.0262. The Morgan fingerprint density at radius 3 is 1.39 bits per heavy atom. The molecule has 6 N–H and O–H groups in total. The van der Waals surface area contributed by atoms with Crippen molar-refractivity contribution in [3.8, 4) is 0 Å². The summed E-state index contributed by atoms with van der Waals surface area (Å²) in [5.74, 6) is -0.165. The molecule has 0 aromatic carbocycles. The summed E-state index contributed by atoms with van der Waals surface area (Å²) in [7, 11) is 0. The number of rotatable bonds is 42. The molecule has 7 unspecified atom stereocenters. The highest BCUT2D eigenvalue weighted by atomic mass is 16.7. The molecular weight excluding hydrogens is 827 g/mol. The van der Waals surface area contributed by atoms with Gasteiger partial charge in [0.2, 0.25) is 5.91 Å². The van der Waals surface area contributed by atoms with Gasteiger partial charge in [-0.05, 0) is 83.5 Å². The van der Waals surface area contributed by atoms with E-state index >= 15 is 0 Å². The number of hydrogen-bond donors (Lipinski definition) is 6. The van der Waals surface area contributed by atoms with Crippen LogP contribution in [0.1, 0.15) is 187 Å². The molecule has 1 rings (SSSR count). The minimum atomic E-state index is -1.56. The van der Waals surface area contributed by atoms with E-state index in [9.17, 15) is 30.3 Å². The number of aliphatic hydroxyl groups excluding tert-OH is 5. The molecule has 1 amide bonds. The van der Waals surface area contributed by atoms with Crippen LogP contribution in [-0.2, 0) is 14.3 Å². The Balaban J connectivity index is 2.15. The van der Waals surface area contributed by atoms with Gasteiger partial charge in [0.1, 0.15) is 24.4 Å². The standard InChI is InChI=1S/C57H95NO8/c1-3-5-7-9-11-13-14-15-16-17-18-19-20-21-22-23-24-25-26-27-28-29-30-31-32-33-34-35-36-37-38-39-41-43-45-47-53(61)58-50(51(60)46-44-42-40-12-10-8-6-4-2)49-65-57-56(64)55(63)54(62)52(48-59)66-57/h5,7,11,13,15-16,18-19,21-22,24-25,27-28,30-31,33-34,50-52,54-57,59-60,62-64H,3-4,6,8-10,12,14,17,20,23,26,29,32,35-49H2,1-2H3,(H,58,61)/b7-5-,13-11-,16-15-,19-18-,22-21-,25-24-,28-27-,31-30-,34-33-. The third-order valence-corrected chi connectivity index (χ3v) is 11.6. The summed E-state index contributed by atoms with van der Waals surface area (Å²) in [5.41, 5.74) is 0. The van der Waals surface area contributed by atoms with Crippen LogP contribution < -0.4 is 5.32 Å². The first-order valence-corrected chi connectivity index (χ1v) is 26.1. The Kier molecular flexibility index (Phi) is 42.1. The van der Waals surface area contributed by atoms with Crippen molar-refractivity contribution in [3.05, 3.63) is 109 Å². The van der Waals surface area contributed by atoms with Crippen molar-refractivity contribution in [2.45, 2.75) is 230 Å². The number of carbonyl (C=O) groups excluding carboxylic acids is 1.